The Bertz CT molecular complexity index is 606. The molecule has 1 saturated heterocycles. The third-order valence-electron chi connectivity index (χ3n) is 5.53. The standard InChI is InChI=1S/C18H26N4/c1-2-6-15(7-3-1)14-21-12-9-16(10-13-21)18-20-19-17-8-4-5-11-22(17)18/h4-5,8,11,15-16H,1-3,6-7,9-10,12-14H2. The average molecular weight is 298 g/mol. The van der Waals surface area contributed by atoms with E-state index in [0.29, 0.717) is 5.92 Å². The van der Waals surface area contributed by atoms with E-state index in [-0.39, 0.29) is 0 Å². The summed E-state index contributed by atoms with van der Waals surface area (Å²) >= 11 is 0. The average Bonchev–Trinajstić information content (AvgIpc) is 3.01. The Morgan fingerprint density at radius 1 is 0.955 bits per heavy atom. The summed E-state index contributed by atoms with van der Waals surface area (Å²) < 4.78 is 2.17. The van der Waals surface area contributed by atoms with E-state index >= 15 is 0 Å². The van der Waals surface area contributed by atoms with E-state index in [0.717, 1.165) is 17.4 Å². The highest BCUT2D eigenvalue weighted by Crippen LogP contribution is 2.30. The lowest BCUT2D eigenvalue weighted by Crippen LogP contribution is -2.37. The fourth-order valence-electron chi connectivity index (χ4n) is 4.25. The van der Waals surface area contributed by atoms with Crippen molar-refractivity contribution < 1.29 is 0 Å². The van der Waals surface area contributed by atoms with E-state index in [2.05, 4.69) is 31.8 Å². The van der Waals surface area contributed by atoms with Gasteiger partial charge in [-0.1, -0.05) is 25.3 Å². The van der Waals surface area contributed by atoms with Gasteiger partial charge < -0.3 is 4.90 Å². The van der Waals surface area contributed by atoms with Crippen molar-refractivity contribution in [3.05, 3.63) is 30.2 Å². The van der Waals surface area contributed by atoms with Crippen molar-refractivity contribution in [3.8, 4) is 0 Å². The van der Waals surface area contributed by atoms with E-state index in [1.807, 2.05) is 12.1 Å². The van der Waals surface area contributed by atoms with Crippen molar-refractivity contribution in [2.45, 2.75) is 50.9 Å². The summed E-state index contributed by atoms with van der Waals surface area (Å²) in [6.07, 6.45) is 11.8. The van der Waals surface area contributed by atoms with Crippen molar-refractivity contribution >= 4 is 5.65 Å². The first kappa shape index (κ1) is 14.2. The zero-order valence-corrected chi connectivity index (χ0v) is 13.3. The van der Waals surface area contributed by atoms with E-state index in [9.17, 15) is 0 Å². The fourth-order valence-corrected chi connectivity index (χ4v) is 4.25. The molecule has 118 valence electrons. The Morgan fingerprint density at radius 3 is 2.59 bits per heavy atom. The van der Waals surface area contributed by atoms with Gasteiger partial charge in [0.25, 0.3) is 0 Å². The van der Waals surface area contributed by atoms with Crippen LogP contribution in [0.5, 0.6) is 0 Å². The Morgan fingerprint density at radius 2 is 1.77 bits per heavy atom. The van der Waals surface area contributed by atoms with Crippen LogP contribution in [0.15, 0.2) is 24.4 Å². The molecule has 1 saturated carbocycles. The van der Waals surface area contributed by atoms with E-state index in [4.69, 9.17) is 0 Å². The summed E-state index contributed by atoms with van der Waals surface area (Å²) in [5.41, 5.74) is 0.974. The number of likely N-dealkylation sites (tertiary alicyclic amines) is 1. The van der Waals surface area contributed by atoms with Gasteiger partial charge in [-0.15, -0.1) is 10.2 Å². The van der Waals surface area contributed by atoms with Crippen LogP contribution in [0.25, 0.3) is 5.65 Å². The normalized spacial score (nSPS) is 22.4. The van der Waals surface area contributed by atoms with Gasteiger partial charge in [-0.3, -0.25) is 4.40 Å². The van der Waals surface area contributed by atoms with E-state index < -0.39 is 0 Å². The molecule has 0 aromatic carbocycles. The van der Waals surface area contributed by atoms with Crippen molar-refractivity contribution in [3.63, 3.8) is 0 Å². The SMILES string of the molecule is c1ccn2c(C3CCN(CC4CCCCC4)CC3)nnc2c1. The molecule has 4 nitrogen and oxygen atoms in total. The smallest absolute Gasteiger partial charge is 0.160 e. The highest BCUT2D eigenvalue weighted by molar-refractivity contribution is 5.37. The second-order valence-corrected chi connectivity index (χ2v) is 7.07. The largest absolute Gasteiger partial charge is 0.303 e. The molecule has 0 radical (unpaired) electrons. The number of hydrogen-bond acceptors (Lipinski definition) is 3. The summed E-state index contributed by atoms with van der Waals surface area (Å²) in [6.45, 7) is 3.78. The molecule has 1 aliphatic heterocycles. The Labute approximate surface area is 132 Å². The molecule has 2 aromatic rings. The molecular weight excluding hydrogens is 272 g/mol. The number of fused-ring (bicyclic) bond motifs is 1. The number of pyridine rings is 1. The first-order chi connectivity index (χ1) is 10.9. The highest BCUT2D eigenvalue weighted by Gasteiger charge is 2.26. The molecule has 2 aliphatic rings. The van der Waals surface area contributed by atoms with Gasteiger partial charge in [0.2, 0.25) is 0 Å². The van der Waals surface area contributed by atoms with Gasteiger partial charge in [-0.25, -0.2) is 0 Å². The van der Waals surface area contributed by atoms with Crippen LogP contribution in [-0.4, -0.2) is 39.1 Å². The van der Waals surface area contributed by atoms with Crippen LogP contribution in [0.4, 0.5) is 0 Å². The lowest BCUT2D eigenvalue weighted by Gasteiger charge is -2.34. The lowest BCUT2D eigenvalue weighted by molar-refractivity contribution is 0.162. The van der Waals surface area contributed by atoms with Crippen LogP contribution in [-0.2, 0) is 0 Å². The number of rotatable bonds is 3. The summed E-state index contributed by atoms with van der Waals surface area (Å²) in [5, 5.41) is 8.76. The molecule has 0 N–H and O–H groups in total. The molecule has 1 aliphatic carbocycles. The Kier molecular flexibility index (Phi) is 4.11. The molecule has 2 fully saturated rings. The molecule has 22 heavy (non-hydrogen) atoms. The van der Waals surface area contributed by atoms with Gasteiger partial charge in [-0.05, 0) is 56.8 Å². The van der Waals surface area contributed by atoms with Crippen molar-refractivity contribution in [1.82, 2.24) is 19.5 Å². The van der Waals surface area contributed by atoms with Crippen LogP contribution < -0.4 is 0 Å². The Hall–Kier alpha value is -1.42. The number of hydrogen-bond donors (Lipinski definition) is 0. The minimum absolute atomic E-state index is 0.569. The zero-order chi connectivity index (χ0) is 14.8. The summed E-state index contributed by atoms with van der Waals surface area (Å²) in [5.74, 6) is 2.69. The summed E-state index contributed by atoms with van der Waals surface area (Å²) in [6, 6.07) is 6.13. The predicted octanol–water partition coefficient (Wildman–Crippen LogP) is 3.49. The highest BCUT2D eigenvalue weighted by atomic mass is 15.2. The fraction of sp³-hybridized carbons (Fsp3) is 0.667. The van der Waals surface area contributed by atoms with Crippen LogP contribution >= 0.6 is 0 Å². The molecule has 0 unspecified atom stereocenters. The predicted molar refractivity (Wildman–Crippen MR) is 88.0 cm³/mol. The van der Waals surface area contributed by atoms with Crippen LogP contribution in [0, 0.1) is 5.92 Å². The van der Waals surface area contributed by atoms with Gasteiger partial charge in [0.15, 0.2) is 5.65 Å². The van der Waals surface area contributed by atoms with Crippen molar-refractivity contribution in [2.24, 2.45) is 5.92 Å². The second-order valence-electron chi connectivity index (χ2n) is 7.07. The second kappa shape index (κ2) is 6.37. The topological polar surface area (TPSA) is 33.4 Å². The van der Waals surface area contributed by atoms with Gasteiger partial charge >= 0.3 is 0 Å². The summed E-state index contributed by atoms with van der Waals surface area (Å²) in [4.78, 5) is 2.69. The van der Waals surface area contributed by atoms with Crippen molar-refractivity contribution in [2.75, 3.05) is 19.6 Å². The molecule has 0 atom stereocenters. The monoisotopic (exact) mass is 298 g/mol. The minimum Gasteiger partial charge on any atom is -0.303 e. The Balaban J connectivity index is 1.37. The van der Waals surface area contributed by atoms with E-state index in [1.165, 1.54) is 64.6 Å². The van der Waals surface area contributed by atoms with Gasteiger partial charge in [-0.2, -0.15) is 0 Å². The first-order valence-corrected chi connectivity index (χ1v) is 8.92. The molecule has 3 heterocycles. The quantitative estimate of drug-likeness (QED) is 0.869. The number of piperidine rings is 1. The van der Waals surface area contributed by atoms with Crippen molar-refractivity contribution in [1.29, 1.82) is 0 Å². The third kappa shape index (κ3) is 2.89. The maximum atomic E-state index is 4.45. The molecular formula is C18H26N4. The molecule has 4 heteroatoms. The number of nitrogens with zero attached hydrogens (tertiary/aromatic N) is 4. The first-order valence-electron chi connectivity index (χ1n) is 8.92. The van der Waals surface area contributed by atoms with Crippen LogP contribution in [0.1, 0.15) is 56.7 Å². The molecule has 0 spiro atoms. The number of aromatic nitrogens is 3. The maximum absolute atomic E-state index is 4.45. The molecule has 2 aromatic heterocycles. The van der Waals surface area contributed by atoms with Crippen LogP contribution in [0.2, 0.25) is 0 Å². The zero-order valence-electron chi connectivity index (χ0n) is 13.3. The molecule has 0 bridgehead atoms. The van der Waals surface area contributed by atoms with Gasteiger partial charge in [0, 0.05) is 18.7 Å². The van der Waals surface area contributed by atoms with Gasteiger partial charge in [0.1, 0.15) is 5.82 Å². The minimum atomic E-state index is 0.569. The van der Waals surface area contributed by atoms with E-state index in [1.54, 1.807) is 0 Å². The lowest BCUT2D eigenvalue weighted by atomic mass is 9.88. The third-order valence-corrected chi connectivity index (χ3v) is 5.53. The van der Waals surface area contributed by atoms with Gasteiger partial charge in [0.05, 0.1) is 0 Å². The maximum Gasteiger partial charge on any atom is 0.160 e. The van der Waals surface area contributed by atoms with Crippen LogP contribution in [0.3, 0.4) is 0 Å². The molecule has 4 rings (SSSR count). The molecule has 0 amide bonds. The summed E-state index contributed by atoms with van der Waals surface area (Å²) in [7, 11) is 0.